The van der Waals surface area contributed by atoms with E-state index in [9.17, 15) is 0 Å². The maximum absolute atomic E-state index is 7.61. The Balaban J connectivity index is 5.23. The summed E-state index contributed by atoms with van der Waals surface area (Å²) in [4.78, 5) is 0. The third-order valence-corrected chi connectivity index (χ3v) is 41.8. The van der Waals surface area contributed by atoms with Crippen LogP contribution in [0.3, 0.4) is 0 Å². The Morgan fingerprint density at radius 3 is 0.973 bits per heavy atom. The van der Waals surface area contributed by atoms with Gasteiger partial charge in [0, 0.05) is 0 Å². The van der Waals surface area contributed by atoms with Gasteiger partial charge in [0.05, 0.1) is 0 Å². The summed E-state index contributed by atoms with van der Waals surface area (Å²) in [5.74, 6) is 0. The molecule has 0 aliphatic carbocycles. The molecule has 0 spiro atoms. The average Bonchev–Trinajstić information content (AvgIpc) is 2.89. The molecule has 2 atom stereocenters. The Bertz CT molecular complexity index is 425. The van der Waals surface area contributed by atoms with Crippen molar-refractivity contribution < 1.29 is 7.56 Å². The van der Waals surface area contributed by atoms with E-state index in [1.54, 1.807) is 0 Å². The van der Waals surface area contributed by atoms with Crippen LogP contribution in [0.1, 0.15) is 170 Å². The molecule has 0 heterocycles. The average molecular weight is 740 g/mol. The van der Waals surface area contributed by atoms with Gasteiger partial charge in [0.2, 0.25) is 0 Å². The van der Waals surface area contributed by atoms with Crippen LogP contribution in [-0.2, 0) is 7.56 Å². The maximum atomic E-state index is 7.61. The zero-order chi connectivity index (χ0) is 27.5. The molecule has 0 bridgehead atoms. The van der Waals surface area contributed by atoms with Crippen molar-refractivity contribution in [3.63, 3.8) is 0 Å². The molecular formula is C32H70O3Sn2. The summed E-state index contributed by atoms with van der Waals surface area (Å²) in [6, 6.07) is 0. The van der Waals surface area contributed by atoms with Crippen molar-refractivity contribution in [3.8, 4) is 0 Å². The molecule has 0 radical (unpaired) electrons. The van der Waals surface area contributed by atoms with Crippen LogP contribution in [0.15, 0.2) is 0 Å². The normalized spacial score (nSPS) is 15.1. The molecule has 0 aliphatic heterocycles. The molecule has 0 amide bonds. The summed E-state index contributed by atoms with van der Waals surface area (Å²) in [6.45, 7) is 15.8. The molecule has 2 unspecified atom stereocenters. The molecule has 0 fully saturated rings. The fourth-order valence-electron chi connectivity index (χ4n) is 5.43. The van der Waals surface area contributed by atoms with E-state index < -0.39 is 38.4 Å². The molecule has 5 heteroatoms. The summed E-state index contributed by atoms with van der Waals surface area (Å²) in [5, 5.41) is 0. The molecule has 0 N–H and O–H groups in total. The van der Waals surface area contributed by atoms with Crippen molar-refractivity contribution >= 4 is 38.4 Å². The predicted molar refractivity (Wildman–Crippen MR) is 170 cm³/mol. The van der Waals surface area contributed by atoms with Gasteiger partial charge in [-0.05, 0) is 0 Å². The van der Waals surface area contributed by atoms with E-state index in [0.717, 1.165) is 13.2 Å². The van der Waals surface area contributed by atoms with Crippen LogP contribution in [0.4, 0.5) is 0 Å². The molecule has 0 aliphatic rings. The fraction of sp³-hybridized carbons (Fsp3) is 1.00. The van der Waals surface area contributed by atoms with Crippen molar-refractivity contribution in [2.45, 2.75) is 188 Å². The molecule has 37 heavy (non-hydrogen) atoms. The molecule has 0 rings (SSSR count). The van der Waals surface area contributed by atoms with E-state index in [1.807, 2.05) is 0 Å². The van der Waals surface area contributed by atoms with Crippen LogP contribution in [0.2, 0.25) is 17.7 Å². The second-order valence-electron chi connectivity index (χ2n) is 11.6. The van der Waals surface area contributed by atoms with Gasteiger partial charge in [0.15, 0.2) is 0 Å². The SMILES string of the molecule is CCCCCCCCC[O][Sn]([CH2]CC)([CH2]CCC)[O][Sn]([CH2]CC)([CH2]CCC)[O]CCCCCCCCC. The van der Waals surface area contributed by atoms with Crippen molar-refractivity contribution in [2.24, 2.45) is 0 Å². The molecule has 3 nitrogen and oxygen atoms in total. The topological polar surface area (TPSA) is 27.7 Å². The molecule has 0 aromatic carbocycles. The van der Waals surface area contributed by atoms with Crippen molar-refractivity contribution in [3.05, 3.63) is 0 Å². The third-order valence-electron chi connectivity index (χ3n) is 7.68. The Morgan fingerprint density at radius 2 is 0.649 bits per heavy atom. The standard InChI is InChI=1S/2C9H19O.2C4H9.2C3H7.O.2Sn/c2*1-2-3-4-5-6-7-8-9-10;2*1-3-4-2;2*1-3-2;;;/h2*2-9H2,1H3;2*1,3-4H2,2H3;2*1,3H2,2H3;;;/q2*-1;;;;;;2*+1. The van der Waals surface area contributed by atoms with Crippen LogP contribution in [0.25, 0.3) is 0 Å². The van der Waals surface area contributed by atoms with E-state index >= 15 is 0 Å². The Hall–Kier alpha value is 1.48. The van der Waals surface area contributed by atoms with Gasteiger partial charge in [0.1, 0.15) is 0 Å². The molecule has 0 aromatic heterocycles. The molecule has 0 aromatic rings. The van der Waals surface area contributed by atoms with Gasteiger partial charge in [-0.2, -0.15) is 0 Å². The Morgan fingerprint density at radius 1 is 0.324 bits per heavy atom. The van der Waals surface area contributed by atoms with E-state index in [-0.39, 0.29) is 0 Å². The second kappa shape index (κ2) is 27.6. The van der Waals surface area contributed by atoms with Gasteiger partial charge in [-0.1, -0.05) is 0 Å². The minimum absolute atomic E-state index is 0.938. The van der Waals surface area contributed by atoms with Gasteiger partial charge in [0.25, 0.3) is 0 Å². The summed E-state index contributed by atoms with van der Waals surface area (Å²) in [7, 11) is 0. The monoisotopic (exact) mass is 742 g/mol. The van der Waals surface area contributed by atoms with E-state index in [1.165, 1.54) is 146 Å². The third kappa shape index (κ3) is 20.9. The van der Waals surface area contributed by atoms with Crippen LogP contribution in [-0.4, -0.2) is 51.6 Å². The van der Waals surface area contributed by atoms with Crippen molar-refractivity contribution in [1.29, 1.82) is 0 Å². The van der Waals surface area contributed by atoms with E-state index in [0.29, 0.717) is 0 Å². The zero-order valence-corrected chi connectivity index (χ0v) is 32.3. The first-order valence-electron chi connectivity index (χ1n) is 17.1. The number of unbranched alkanes of at least 4 members (excludes halogenated alkanes) is 14. The fourth-order valence-corrected chi connectivity index (χ4v) is 47.4. The minimum atomic E-state index is -3.18. The Kier molecular flexibility index (Phi) is 28.7. The first kappa shape index (κ1) is 38.5. The van der Waals surface area contributed by atoms with E-state index in [2.05, 4.69) is 41.5 Å². The first-order chi connectivity index (χ1) is 18.1. The second-order valence-corrected chi connectivity index (χ2v) is 33.8. The van der Waals surface area contributed by atoms with Crippen LogP contribution in [0.5, 0.6) is 0 Å². The van der Waals surface area contributed by atoms with Crippen molar-refractivity contribution in [2.75, 3.05) is 13.2 Å². The van der Waals surface area contributed by atoms with Crippen LogP contribution >= 0.6 is 0 Å². The molecule has 0 saturated heterocycles. The zero-order valence-electron chi connectivity index (χ0n) is 26.6. The molecular weight excluding hydrogens is 670 g/mol. The Labute approximate surface area is 245 Å². The quantitative estimate of drug-likeness (QED) is 0.0542. The van der Waals surface area contributed by atoms with Gasteiger partial charge in [-0.15, -0.1) is 0 Å². The summed E-state index contributed by atoms with van der Waals surface area (Å²) in [5.41, 5.74) is 0. The van der Waals surface area contributed by atoms with Crippen LogP contribution < -0.4 is 0 Å². The summed E-state index contributed by atoms with van der Waals surface area (Å²) < 4.78 is 26.6. The summed E-state index contributed by atoms with van der Waals surface area (Å²) in [6.07, 6.45) is 26.3. The number of hydrogen-bond acceptors (Lipinski definition) is 3. The van der Waals surface area contributed by atoms with Gasteiger partial charge in [-0.3, -0.25) is 0 Å². The number of rotatable bonds is 30. The predicted octanol–water partition coefficient (Wildman–Crippen LogP) is 11.8. The van der Waals surface area contributed by atoms with Gasteiger partial charge >= 0.3 is 247 Å². The van der Waals surface area contributed by atoms with E-state index in [4.69, 9.17) is 7.56 Å². The molecule has 0 saturated carbocycles. The van der Waals surface area contributed by atoms with Crippen molar-refractivity contribution in [1.82, 2.24) is 0 Å². The van der Waals surface area contributed by atoms with Gasteiger partial charge < -0.3 is 0 Å². The van der Waals surface area contributed by atoms with Crippen LogP contribution in [0, 0.1) is 0 Å². The first-order valence-corrected chi connectivity index (χ1v) is 29.8. The molecule has 224 valence electrons. The summed E-state index contributed by atoms with van der Waals surface area (Å²) >= 11 is -6.36. The number of hydrogen-bond donors (Lipinski definition) is 0. The van der Waals surface area contributed by atoms with Gasteiger partial charge in [-0.25, -0.2) is 0 Å².